The van der Waals surface area contributed by atoms with Gasteiger partial charge in [0.1, 0.15) is 0 Å². The average Bonchev–Trinajstić information content (AvgIpc) is 2.37. The van der Waals surface area contributed by atoms with Crippen LogP contribution in [0.15, 0.2) is 24.3 Å². The Morgan fingerprint density at radius 2 is 1.89 bits per heavy atom. The first kappa shape index (κ1) is 17.9. The van der Waals surface area contributed by atoms with Gasteiger partial charge in [-0.15, -0.1) is 12.4 Å². The fourth-order valence-corrected chi connectivity index (χ4v) is 2.06. The molecule has 1 aromatic rings. The first-order chi connectivity index (χ1) is 8.47. The first-order valence-corrected chi connectivity index (χ1v) is 6.48. The van der Waals surface area contributed by atoms with Crippen molar-refractivity contribution in [3.8, 4) is 0 Å². The Kier molecular flexibility index (Phi) is 7.72. The lowest BCUT2D eigenvalue weighted by Gasteiger charge is -2.25. The molecule has 0 spiro atoms. The maximum absolute atomic E-state index is 12.1. The van der Waals surface area contributed by atoms with Crippen molar-refractivity contribution >= 4 is 18.3 Å². The maximum Gasteiger partial charge on any atom is 0.223 e. The molecule has 4 heteroatoms. The molecule has 0 radical (unpaired) electrons. The normalized spacial score (nSPS) is 13.3. The third-order valence-corrected chi connectivity index (χ3v) is 3.60. The number of nitrogens with two attached hydrogens (primary N) is 1. The van der Waals surface area contributed by atoms with Crippen LogP contribution in [0, 0.1) is 6.92 Å². The molecule has 108 valence electrons. The number of rotatable bonds is 5. The molecule has 0 fully saturated rings. The lowest BCUT2D eigenvalue weighted by atomic mass is 9.93. The third kappa shape index (κ3) is 4.84. The second kappa shape index (κ2) is 8.18. The van der Waals surface area contributed by atoms with Crippen molar-refractivity contribution in [3.63, 3.8) is 0 Å². The molecular weight excluding hydrogens is 260 g/mol. The number of halogens is 1. The summed E-state index contributed by atoms with van der Waals surface area (Å²) in [6.07, 6.45) is 0.533. The van der Waals surface area contributed by atoms with Crippen LogP contribution in [0.4, 0.5) is 0 Å². The van der Waals surface area contributed by atoms with Crippen molar-refractivity contribution < 1.29 is 4.79 Å². The van der Waals surface area contributed by atoms with Crippen molar-refractivity contribution in [2.75, 3.05) is 13.6 Å². The van der Waals surface area contributed by atoms with Gasteiger partial charge in [0.05, 0.1) is 0 Å². The number of aryl methyl sites for hydroxylation is 1. The van der Waals surface area contributed by atoms with Crippen LogP contribution in [0.1, 0.15) is 37.3 Å². The molecule has 3 nitrogen and oxygen atoms in total. The predicted octanol–water partition coefficient (Wildman–Crippen LogP) is 2.72. The van der Waals surface area contributed by atoms with E-state index in [1.54, 1.807) is 4.90 Å². The minimum Gasteiger partial charge on any atom is -0.342 e. The summed E-state index contributed by atoms with van der Waals surface area (Å²) < 4.78 is 0. The number of benzene rings is 1. The fourth-order valence-electron chi connectivity index (χ4n) is 2.06. The van der Waals surface area contributed by atoms with Gasteiger partial charge in [-0.1, -0.05) is 31.2 Å². The Morgan fingerprint density at radius 3 is 2.42 bits per heavy atom. The zero-order valence-corrected chi connectivity index (χ0v) is 13.0. The van der Waals surface area contributed by atoms with Gasteiger partial charge in [-0.3, -0.25) is 4.79 Å². The molecule has 1 rings (SSSR count). The molecular formula is C15H25ClN2O. The number of carbonyl (C=O) groups excluding carboxylic acids is 1. The van der Waals surface area contributed by atoms with Crippen LogP contribution in [-0.2, 0) is 4.79 Å². The number of amides is 1. The topological polar surface area (TPSA) is 46.3 Å². The van der Waals surface area contributed by atoms with Crippen molar-refractivity contribution in [3.05, 3.63) is 35.4 Å². The van der Waals surface area contributed by atoms with Gasteiger partial charge in [-0.05, 0) is 30.9 Å². The summed E-state index contributed by atoms with van der Waals surface area (Å²) in [4.78, 5) is 13.9. The van der Waals surface area contributed by atoms with E-state index in [1.165, 1.54) is 11.1 Å². The minimum atomic E-state index is 0. The summed E-state index contributed by atoms with van der Waals surface area (Å²) in [5.74, 6) is 0.398. The lowest BCUT2D eigenvalue weighted by Crippen LogP contribution is -2.40. The van der Waals surface area contributed by atoms with E-state index >= 15 is 0 Å². The van der Waals surface area contributed by atoms with Crippen LogP contribution in [0.2, 0.25) is 0 Å². The van der Waals surface area contributed by atoms with E-state index in [1.807, 2.05) is 26.1 Å². The van der Waals surface area contributed by atoms with Crippen molar-refractivity contribution in [1.82, 2.24) is 4.90 Å². The second-order valence-electron chi connectivity index (χ2n) is 5.05. The Balaban J connectivity index is 0.00000324. The standard InChI is InChI=1S/C15H24N2O.ClH/c1-11-7-5-6-8-14(11)12(2)9-15(18)17(4)13(3)10-16;/h5-8,12-13H,9-10,16H2,1-4H3;1H. The van der Waals surface area contributed by atoms with E-state index in [9.17, 15) is 4.79 Å². The van der Waals surface area contributed by atoms with E-state index in [-0.39, 0.29) is 30.3 Å². The third-order valence-electron chi connectivity index (χ3n) is 3.60. The van der Waals surface area contributed by atoms with Gasteiger partial charge in [0.2, 0.25) is 5.91 Å². The number of nitrogens with zero attached hydrogens (tertiary/aromatic N) is 1. The highest BCUT2D eigenvalue weighted by molar-refractivity contribution is 5.85. The molecule has 0 aromatic heterocycles. The Bertz CT molecular complexity index is 409. The van der Waals surface area contributed by atoms with Crippen LogP contribution >= 0.6 is 12.4 Å². The van der Waals surface area contributed by atoms with Crippen LogP contribution in [0.3, 0.4) is 0 Å². The van der Waals surface area contributed by atoms with Crippen LogP contribution in [0.25, 0.3) is 0 Å². The van der Waals surface area contributed by atoms with E-state index in [2.05, 4.69) is 26.0 Å². The van der Waals surface area contributed by atoms with E-state index in [4.69, 9.17) is 5.73 Å². The smallest absolute Gasteiger partial charge is 0.223 e. The van der Waals surface area contributed by atoms with Gasteiger partial charge in [0.15, 0.2) is 0 Å². The lowest BCUT2D eigenvalue weighted by molar-refractivity contribution is -0.131. The molecule has 0 aliphatic carbocycles. The van der Waals surface area contributed by atoms with Gasteiger partial charge >= 0.3 is 0 Å². The molecule has 1 amide bonds. The Morgan fingerprint density at radius 1 is 1.32 bits per heavy atom. The van der Waals surface area contributed by atoms with Crippen LogP contribution in [0.5, 0.6) is 0 Å². The van der Waals surface area contributed by atoms with E-state index in [0.29, 0.717) is 13.0 Å². The minimum absolute atomic E-state index is 0. The molecule has 1 aromatic carbocycles. The zero-order chi connectivity index (χ0) is 13.7. The predicted molar refractivity (Wildman–Crippen MR) is 82.7 cm³/mol. The van der Waals surface area contributed by atoms with Gasteiger partial charge in [0.25, 0.3) is 0 Å². The highest BCUT2D eigenvalue weighted by Gasteiger charge is 2.18. The summed E-state index contributed by atoms with van der Waals surface area (Å²) in [6, 6.07) is 8.33. The summed E-state index contributed by atoms with van der Waals surface area (Å²) >= 11 is 0. The molecule has 19 heavy (non-hydrogen) atoms. The number of carbonyl (C=O) groups is 1. The number of likely N-dealkylation sites (N-methyl/N-ethyl adjacent to an activating group) is 1. The summed E-state index contributed by atoms with van der Waals surface area (Å²) in [5, 5.41) is 0. The van der Waals surface area contributed by atoms with Gasteiger partial charge in [-0.2, -0.15) is 0 Å². The fraction of sp³-hybridized carbons (Fsp3) is 0.533. The molecule has 0 heterocycles. The van der Waals surface area contributed by atoms with Crippen molar-refractivity contribution in [2.45, 2.75) is 39.2 Å². The SMILES string of the molecule is Cc1ccccc1C(C)CC(=O)N(C)C(C)CN.Cl. The molecule has 0 aliphatic heterocycles. The second-order valence-corrected chi connectivity index (χ2v) is 5.05. The molecule has 0 saturated heterocycles. The molecule has 2 atom stereocenters. The molecule has 0 aliphatic rings. The highest BCUT2D eigenvalue weighted by atomic mass is 35.5. The monoisotopic (exact) mass is 284 g/mol. The van der Waals surface area contributed by atoms with Gasteiger partial charge in [-0.25, -0.2) is 0 Å². The highest BCUT2D eigenvalue weighted by Crippen LogP contribution is 2.23. The molecule has 2 unspecified atom stereocenters. The van der Waals surface area contributed by atoms with E-state index < -0.39 is 0 Å². The Labute approximate surface area is 122 Å². The largest absolute Gasteiger partial charge is 0.342 e. The Hall–Kier alpha value is -1.06. The average molecular weight is 285 g/mol. The van der Waals surface area contributed by atoms with Crippen LogP contribution in [-0.4, -0.2) is 30.4 Å². The molecule has 2 N–H and O–H groups in total. The zero-order valence-electron chi connectivity index (χ0n) is 12.2. The van der Waals surface area contributed by atoms with Gasteiger partial charge in [0, 0.05) is 26.1 Å². The van der Waals surface area contributed by atoms with Crippen molar-refractivity contribution in [2.24, 2.45) is 5.73 Å². The van der Waals surface area contributed by atoms with Crippen LogP contribution < -0.4 is 5.73 Å². The summed E-state index contributed by atoms with van der Waals surface area (Å²) in [5.41, 5.74) is 8.08. The number of hydrogen-bond acceptors (Lipinski definition) is 2. The summed E-state index contributed by atoms with van der Waals surface area (Å²) in [6.45, 7) is 6.65. The molecule has 0 saturated carbocycles. The molecule has 0 bridgehead atoms. The quantitative estimate of drug-likeness (QED) is 0.904. The maximum atomic E-state index is 12.1. The van der Waals surface area contributed by atoms with Crippen molar-refractivity contribution in [1.29, 1.82) is 0 Å². The van der Waals surface area contributed by atoms with E-state index in [0.717, 1.165) is 0 Å². The first-order valence-electron chi connectivity index (χ1n) is 6.48. The van der Waals surface area contributed by atoms with Gasteiger partial charge < -0.3 is 10.6 Å². The number of hydrogen-bond donors (Lipinski definition) is 1. The summed E-state index contributed by atoms with van der Waals surface area (Å²) in [7, 11) is 1.82.